The summed E-state index contributed by atoms with van der Waals surface area (Å²) in [6, 6.07) is 12.6. The van der Waals surface area contributed by atoms with Crippen LogP contribution in [0, 0.1) is 0 Å². The molecule has 0 spiro atoms. The molecule has 0 aliphatic carbocycles. The normalized spacial score (nSPS) is 15.1. The van der Waals surface area contributed by atoms with Crippen LogP contribution in [-0.2, 0) is 4.74 Å². The lowest BCUT2D eigenvalue weighted by atomic mass is 10.2. The zero-order valence-corrected chi connectivity index (χ0v) is 17.4. The maximum Gasteiger partial charge on any atom is 0.260 e. The number of ether oxygens (including phenoxy) is 1. The largest absolute Gasteiger partial charge is 0.379 e. The molecule has 8 heteroatoms. The molecule has 3 aromatic rings. The molecule has 0 bridgehead atoms. The average molecular weight is 436 g/mol. The Morgan fingerprint density at radius 1 is 1.14 bits per heavy atom. The lowest BCUT2D eigenvalue weighted by Gasteiger charge is -2.29. The Labute approximate surface area is 177 Å². The van der Waals surface area contributed by atoms with Crippen LogP contribution in [0.4, 0.5) is 5.13 Å². The first kappa shape index (κ1) is 19.6. The van der Waals surface area contributed by atoms with E-state index >= 15 is 0 Å². The van der Waals surface area contributed by atoms with Crippen LogP contribution in [0.1, 0.15) is 10.4 Å². The predicted octanol–water partition coefficient (Wildman–Crippen LogP) is 4.58. The van der Waals surface area contributed by atoms with E-state index in [0.717, 1.165) is 43.1 Å². The molecule has 1 amide bonds. The Balaban J connectivity index is 1.64. The van der Waals surface area contributed by atoms with Gasteiger partial charge in [0.15, 0.2) is 5.13 Å². The zero-order chi connectivity index (χ0) is 19.5. The summed E-state index contributed by atoms with van der Waals surface area (Å²) in [6.07, 6.45) is 0. The summed E-state index contributed by atoms with van der Waals surface area (Å²) >= 11 is 13.7. The van der Waals surface area contributed by atoms with Crippen molar-refractivity contribution < 1.29 is 9.53 Å². The number of carbonyl (C=O) groups excluding carboxylic acids is 1. The molecule has 1 aromatic heterocycles. The zero-order valence-electron chi connectivity index (χ0n) is 15.1. The molecule has 0 radical (unpaired) electrons. The third-order valence-corrected chi connectivity index (χ3v) is 6.27. The van der Waals surface area contributed by atoms with E-state index in [0.29, 0.717) is 27.3 Å². The van der Waals surface area contributed by atoms with Crippen LogP contribution in [0.25, 0.3) is 10.2 Å². The van der Waals surface area contributed by atoms with Gasteiger partial charge < -0.3 is 4.74 Å². The van der Waals surface area contributed by atoms with Crippen molar-refractivity contribution >= 4 is 55.8 Å². The molecule has 0 saturated carbocycles. The SMILES string of the molecule is O=C(c1ccc(Cl)cc1)N(CCN1CCOCC1)c1nc2c(Cl)cccc2s1. The van der Waals surface area contributed by atoms with Crippen molar-refractivity contribution in [1.82, 2.24) is 9.88 Å². The van der Waals surface area contributed by atoms with Gasteiger partial charge in [-0.15, -0.1) is 0 Å². The second-order valence-electron chi connectivity index (χ2n) is 6.50. The Bertz CT molecular complexity index is 971. The molecule has 1 aliphatic rings. The number of benzene rings is 2. The molecule has 1 aliphatic heterocycles. The fourth-order valence-electron chi connectivity index (χ4n) is 3.12. The third-order valence-electron chi connectivity index (χ3n) is 4.67. The minimum absolute atomic E-state index is 0.0971. The summed E-state index contributed by atoms with van der Waals surface area (Å²) < 4.78 is 6.37. The van der Waals surface area contributed by atoms with Crippen molar-refractivity contribution in [2.45, 2.75) is 0 Å². The van der Waals surface area contributed by atoms with E-state index in [9.17, 15) is 4.79 Å². The third kappa shape index (κ3) is 4.31. The lowest BCUT2D eigenvalue weighted by Crippen LogP contribution is -2.43. The van der Waals surface area contributed by atoms with Gasteiger partial charge in [0, 0.05) is 36.8 Å². The first-order chi connectivity index (χ1) is 13.6. The number of halogens is 2. The van der Waals surface area contributed by atoms with Crippen molar-refractivity contribution in [3.05, 3.63) is 58.1 Å². The van der Waals surface area contributed by atoms with Crippen molar-refractivity contribution in [3.8, 4) is 0 Å². The van der Waals surface area contributed by atoms with Gasteiger partial charge in [-0.05, 0) is 36.4 Å². The number of nitrogens with zero attached hydrogens (tertiary/aromatic N) is 3. The maximum absolute atomic E-state index is 13.3. The summed E-state index contributed by atoms with van der Waals surface area (Å²) in [4.78, 5) is 22.0. The Morgan fingerprint density at radius 3 is 2.61 bits per heavy atom. The van der Waals surface area contributed by atoms with Crippen LogP contribution in [-0.4, -0.2) is 55.2 Å². The number of carbonyl (C=O) groups is 1. The second-order valence-corrected chi connectivity index (χ2v) is 8.35. The van der Waals surface area contributed by atoms with E-state index in [4.69, 9.17) is 27.9 Å². The van der Waals surface area contributed by atoms with Crippen molar-refractivity contribution in [2.75, 3.05) is 44.3 Å². The fourth-order valence-corrected chi connectivity index (χ4v) is 4.53. The predicted molar refractivity (Wildman–Crippen MR) is 115 cm³/mol. The number of amides is 1. The summed E-state index contributed by atoms with van der Waals surface area (Å²) in [5.41, 5.74) is 1.31. The van der Waals surface area contributed by atoms with Gasteiger partial charge in [-0.1, -0.05) is 40.6 Å². The number of anilines is 1. The van der Waals surface area contributed by atoms with Crippen molar-refractivity contribution in [3.63, 3.8) is 0 Å². The molecule has 0 unspecified atom stereocenters. The van der Waals surface area contributed by atoms with Gasteiger partial charge >= 0.3 is 0 Å². The molecule has 1 saturated heterocycles. The van der Waals surface area contributed by atoms with Gasteiger partial charge in [-0.2, -0.15) is 0 Å². The van der Waals surface area contributed by atoms with Crippen molar-refractivity contribution in [2.24, 2.45) is 0 Å². The van der Waals surface area contributed by atoms with Crippen LogP contribution in [0.3, 0.4) is 0 Å². The second kappa shape index (κ2) is 8.76. The Kier molecular flexibility index (Phi) is 6.13. The number of thiazole rings is 1. The van der Waals surface area contributed by atoms with Crippen LogP contribution in [0.2, 0.25) is 10.0 Å². The van der Waals surface area contributed by atoms with Gasteiger partial charge in [0.1, 0.15) is 5.52 Å². The maximum atomic E-state index is 13.3. The van der Waals surface area contributed by atoms with E-state index in [1.54, 1.807) is 29.2 Å². The van der Waals surface area contributed by atoms with E-state index in [2.05, 4.69) is 9.88 Å². The topological polar surface area (TPSA) is 45.7 Å². The fraction of sp³-hybridized carbons (Fsp3) is 0.300. The molecular weight excluding hydrogens is 417 g/mol. The number of hydrogen-bond acceptors (Lipinski definition) is 5. The first-order valence-corrected chi connectivity index (χ1v) is 10.6. The highest BCUT2D eigenvalue weighted by Gasteiger charge is 2.23. The minimum Gasteiger partial charge on any atom is -0.379 e. The molecule has 1 fully saturated rings. The van der Waals surface area contributed by atoms with Crippen LogP contribution < -0.4 is 4.90 Å². The van der Waals surface area contributed by atoms with Crippen LogP contribution in [0.15, 0.2) is 42.5 Å². The van der Waals surface area contributed by atoms with Gasteiger partial charge in [0.25, 0.3) is 5.91 Å². The summed E-state index contributed by atoms with van der Waals surface area (Å²) in [5, 5.41) is 1.84. The first-order valence-electron chi connectivity index (χ1n) is 9.04. The highest BCUT2D eigenvalue weighted by Crippen LogP contribution is 2.33. The molecular formula is C20H19Cl2N3O2S. The van der Waals surface area contributed by atoms with Gasteiger partial charge in [-0.3, -0.25) is 14.6 Å². The summed E-state index contributed by atoms with van der Waals surface area (Å²) in [5.74, 6) is -0.0971. The molecule has 4 rings (SSSR count). The monoisotopic (exact) mass is 435 g/mol. The molecule has 0 atom stereocenters. The van der Waals surface area contributed by atoms with Crippen LogP contribution in [0.5, 0.6) is 0 Å². The molecule has 28 heavy (non-hydrogen) atoms. The van der Waals surface area contributed by atoms with E-state index < -0.39 is 0 Å². The van der Waals surface area contributed by atoms with Gasteiger partial charge in [0.2, 0.25) is 0 Å². The molecule has 2 heterocycles. The standard InChI is InChI=1S/C20H19Cl2N3O2S/c21-15-6-4-14(5-7-15)19(26)25(9-8-24-10-12-27-13-11-24)20-23-18-16(22)2-1-3-17(18)28-20/h1-7H,8-13H2. The number of rotatable bonds is 5. The van der Waals surface area contributed by atoms with Gasteiger partial charge in [0.05, 0.1) is 22.9 Å². The average Bonchev–Trinajstić information content (AvgIpc) is 3.15. The van der Waals surface area contributed by atoms with E-state index in [-0.39, 0.29) is 5.91 Å². The van der Waals surface area contributed by atoms with Crippen molar-refractivity contribution in [1.29, 1.82) is 0 Å². The van der Waals surface area contributed by atoms with E-state index in [1.807, 2.05) is 18.2 Å². The Morgan fingerprint density at radius 2 is 1.89 bits per heavy atom. The highest BCUT2D eigenvalue weighted by atomic mass is 35.5. The Hall–Kier alpha value is -1.70. The molecule has 146 valence electrons. The summed E-state index contributed by atoms with van der Waals surface area (Å²) in [6.45, 7) is 4.48. The number of aromatic nitrogens is 1. The lowest BCUT2D eigenvalue weighted by molar-refractivity contribution is 0.0391. The molecule has 5 nitrogen and oxygen atoms in total. The highest BCUT2D eigenvalue weighted by molar-refractivity contribution is 7.22. The number of para-hydroxylation sites is 1. The molecule has 0 N–H and O–H groups in total. The smallest absolute Gasteiger partial charge is 0.260 e. The number of morpholine rings is 1. The number of hydrogen-bond donors (Lipinski definition) is 0. The number of fused-ring (bicyclic) bond motifs is 1. The van der Waals surface area contributed by atoms with Crippen LogP contribution >= 0.6 is 34.5 Å². The molecule has 2 aromatic carbocycles. The van der Waals surface area contributed by atoms with E-state index in [1.165, 1.54) is 11.3 Å². The minimum atomic E-state index is -0.0971. The van der Waals surface area contributed by atoms with Gasteiger partial charge in [-0.25, -0.2) is 4.98 Å². The quantitative estimate of drug-likeness (QED) is 0.588. The summed E-state index contributed by atoms with van der Waals surface area (Å²) in [7, 11) is 0.